The third-order valence-corrected chi connectivity index (χ3v) is 9.81. The van der Waals surface area contributed by atoms with E-state index in [2.05, 4.69) is 39.9 Å². The molecule has 0 spiro atoms. The zero-order valence-electron chi connectivity index (χ0n) is 12.2. The monoisotopic (exact) mass is 252 g/mol. The van der Waals surface area contributed by atoms with Crippen LogP contribution in [-0.2, 0) is 4.79 Å². The summed E-state index contributed by atoms with van der Waals surface area (Å²) in [5.74, 6) is 0.664. The third kappa shape index (κ3) is 3.80. The fourth-order valence-electron chi connectivity index (χ4n) is 2.13. The summed E-state index contributed by atoms with van der Waals surface area (Å²) in [6.07, 6.45) is 10.7. The molecule has 0 amide bonds. The minimum absolute atomic E-state index is 0.154. The van der Waals surface area contributed by atoms with Crippen LogP contribution >= 0.6 is 0 Å². The summed E-state index contributed by atoms with van der Waals surface area (Å²) in [5, 5.41) is 0.566. The van der Waals surface area contributed by atoms with Crippen molar-refractivity contribution in [1.29, 1.82) is 0 Å². The molecule has 17 heavy (non-hydrogen) atoms. The van der Waals surface area contributed by atoms with Gasteiger partial charge in [0.2, 0.25) is 0 Å². The van der Waals surface area contributed by atoms with Crippen LogP contribution < -0.4 is 0 Å². The van der Waals surface area contributed by atoms with Gasteiger partial charge in [-0.3, -0.25) is 0 Å². The SMILES string of the molecule is CC(C)(C)[Si](C)(C)C(=O)/C=C/C1CCCCC1. The second-order valence-corrected chi connectivity index (χ2v) is 12.2. The maximum atomic E-state index is 12.3. The highest BCUT2D eigenvalue weighted by molar-refractivity contribution is 7.07. The average Bonchev–Trinajstić information content (AvgIpc) is 2.25. The van der Waals surface area contributed by atoms with Gasteiger partial charge in [-0.05, 0) is 29.9 Å². The summed E-state index contributed by atoms with van der Waals surface area (Å²) in [6, 6.07) is 0. The van der Waals surface area contributed by atoms with Gasteiger partial charge in [0.1, 0.15) is 13.5 Å². The standard InChI is InChI=1S/C15H28OSi/c1-15(2,3)17(4,5)14(16)12-11-13-9-7-6-8-10-13/h11-13H,6-10H2,1-5H3/b12-11+. The molecule has 1 saturated carbocycles. The Morgan fingerprint density at radius 1 is 1.12 bits per heavy atom. The van der Waals surface area contributed by atoms with E-state index in [9.17, 15) is 4.79 Å². The van der Waals surface area contributed by atoms with Crippen molar-refractivity contribution in [3.8, 4) is 0 Å². The van der Waals surface area contributed by atoms with Crippen LogP contribution in [0.3, 0.4) is 0 Å². The van der Waals surface area contributed by atoms with Crippen molar-refractivity contribution in [2.24, 2.45) is 5.92 Å². The Kier molecular flexibility index (Phi) is 4.76. The van der Waals surface area contributed by atoms with Gasteiger partial charge in [-0.1, -0.05) is 59.2 Å². The molecule has 0 saturated heterocycles. The number of carbonyl (C=O) groups excluding carboxylic acids is 1. The summed E-state index contributed by atoms with van der Waals surface area (Å²) in [6.45, 7) is 11.0. The van der Waals surface area contributed by atoms with Crippen molar-refractivity contribution in [1.82, 2.24) is 0 Å². The lowest BCUT2D eigenvalue weighted by Crippen LogP contribution is -2.45. The second-order valence-electron chi connectivity index (χ2n) is 7.00. The Morgan fingerprint density at radius 2 is 1.65 bits per heavy atom. The lowest BCUT2D eigenvalue weighted by atomic mass is 9.89. The fourth-order valence-corrected chi connectivity index (χ4v) is 3.38. The normalized spacial score (nSPS) is 19.8. The minimum Gasteiger partial charge on any atom is -0.301 e. The zero-order chi connectivity index (χ0) is 13.1. The largest absolute Gasteiger partial charge is 0.301 e. The van der Waals surface area contributed by atoms with E-state index >= 15 is 0 Å². The molecule has 0 aromatic heterocycles. The van der Waals surface area contributed by atoms with Crippen molar-refractivity contribution in [3.63, 3.8) is 0 Å². The Labute approximate surface area is 108 Å². The van der Waals surface area contributed by atoms with Gasteiger partial charge in [-0.2, -0.15) is 0 Å². The molecule has 0 atom stereocenters. The number of allylic oxidation sites excluding steroid dienone is 2. The van der Waals surface area contributed by atoms with Crippen molar-refractivity contribution in [2.45, 2.75) is 71.0 Å². The molecule has 2 heteroatoms. The molecular formula is C15H28OSi. The van der Waals surface area contributed by atoms with Gasteiger partial charge in [0.15, 0.2) is 0 Å². The van der Waals surface area contributed by atoms with Crippen molar-refractivity contribution >= 4 is 13.5 Å². The Balaban J connectivity index is 2.62. The smallest absolute Gasteiger partial charge is 0.137 e. The van der Waals surface area contributed by atoms with Gasteiger partial charge < -0.3 is 4.79 Å². The van der Waals surface area contributed by atoms with Crippen LogP contribution in [0.15, 0.2) is 12.2 Å². The number of rotatable bonds is 3. The van der Waals surface area contributed by atoms with E-state index in [1.807, 2.05) is 6.08 Å². The first kappa shape index (κ1) is 14.7. The molecule has 0 aromatic carbocycles. The number of hydrogen-bond acceptors (Lipinski definition) is 1. The first-order valence-corrected chi connectivity index (χ1v) is 9.98. The van der Waals surface area contributed by atoms with E-state index < -0.39 is 8.07 Å². The maximum Gasteiger partial charge on any atom is 0.137 e. The van der Waals surface area contributed by atoms with Crippen LogP contribution in [0.4, 0.5) is 0 Å². The zero-order valence-corrected chi connectivity index (χ0v) is 13.2. The van der Waals surface area contributed by atoms with E-state index in [0.717, 1.165) is 0 Å². The van der Waals surface area contributed by atoms with Gasteiger partial charge in [-0.15, -0.1) is 0 Å². The topological polar surface area (TPSA) is 17.1 Å². The molecule has 0 N–H and O–H groups in total. The van der Waals surface area contributed by atoms with Crippen molar-refractivity contribution in [3.05, 3.63) is 12.2 Å². The molecular weight excluding hydrogens is 224 g/mol. The van der Waals surface area contributed by atoms with Crippen LogP contribution in [0.1, 0.15) is 52.9 Å². The predicted molar refractivity (Wildman–Crippen MR) is 77.9 cm³/mol. The molecule has 0 radical (unpaired) electrons. The first-order chi connectivity index (χ1) is 7.75. The van der Waals surface area contributed by atoms with Crippen LogP contribution in [-0.4, -0.2) is 13.5 Å². The molecule has 1 aliphatic rings. The quantitative estimate of drug-likeness (QED) is 0.524. The summed E-state index contributed by atoms with van der Waals surface area (Å²) in [4.78, 5) is 12.3. The summed E-state index contributed by atoms with van der Waals surface area (Å²) < 4.78 is 0. The fraction of sp³-hybridized carbons (Fsp3) is 0.800. The predicted octanol–water partition coefficient (Wildman–Crippen LogP) is 4.74. The molecule has 0 unspecified atom stereocenters. The Bertz CT molecular complexity index is 291. The molecule has 1 aliphatic carbocycles. The summed E-state index contributed by atoms with van der Waals surface area (Å²) in [7, 11) is -1.82. The van der Waals surface area contributed by atoms with Crippen molar-refractivity contribution in [2.75, 3.05) is 0 Å². The lowest BCUT2D eigenvalue weighted by Gasteiger charge is -2.34. The number of carbonyl (C=O) groups is 1. The van der Waals surface area contributed by atoms with Gasteiger partial charge >= 0.3 is 0 Å². The molecule has 1 nitrogen and oxygen atoms in total. The summed E-state index contributed by atoms with van der Waals surface area (Å²) >= 11 is 0. The van der Waals surface area contributed by atoms with Gasteiger partial charge in [-0.25, -0.2) is 0 Å². The van der Waals surface area contributed by atoms with Gasteiger partial charge in [0, 0.05) is 0 Å². The van der Waals surface area contributed by atoms with E-state index in [4.69, 9.17) is 0 Å². The maximum absolute atomic E-state index is 12.3. The van der Waals surface area contributed by atoms with Gasteiger partial charge in [0.05, 0.1) is 0 Å². The Morgan fingerprint density at radius 3 is 2.12 bits per heavy atom. The molecule has 0 bridgehead atoms. The highest BCUT2D eigenvalue weighted by Gasteiger charge is 2.40. The van der Waals surface area contributed by atoms with E-state index in [1.165, 1.54) is 32.1 Å². The lowest BCUT2D eigenvalue weighted by molar-refractivity contribution is -0.108. The molecule has 98 valence electrons. The van der Waals surface area contributed by atoms with Crippen LogP contribution in [0.25, 0.3) is 0 Å². The molecule has 0 aliphatic heterocycles. The summed E-state index contributed by atoms with van der Waals surface area (Å²) in [5.41, 5.74) is 0. The van der Waals surface area contributed by atoms with E-state index in [0.29, 0.717) is 11.3 Å². The average molecular weight is 252 g/mol. The molecule has 1 rings (SSSR count). The number of hydrogen-bond donors (Lipinski definition) is 0. The van der Waals surface area contributed by atoms with E-state index in [1.54, 1.807) is 0 Å². The Hall–Kier alpha value is -0.373. The van der Waals surface area contributed by atoms with Crippen molar-refractivity contribution < 1.29 is 4.79 Å². The second kappa shape index (κ2) is 5.51. The van der Waals surface area contributed by atoms with Crippen LogP contribution in [0.2, 0.25) is 18.1 Å². The van der Waals surface area contributed by atoms with E-state index in [-0.39, 0.29) is 5.04 Å². The van der Waals surface area contributed by atoms with Gasteiger partial charge in [0.25, 0.3) is 0 Å². The minimum atomic E-state index is -1.82. The molecule has 0 heterocycles. The highest BCUT2D eigenvalue weighted by Crippen LogP contribution is 2.36. The first-order valence-electron chi connectivity index (χ1n) is 6.98. The molecule has 1 fully saturated rings. The highest BCUT2D eigenvalue weighted by atomic mass is 28.3. The molecule has 0 aromatic rings. The van der Waals surface area contributed by atoms with Crippen LogP contribution in [0, 0.1) is 5.92 Å². The van der Waals surface area contributed by atoms with Crippen LogP contribution in [0.5, 0.6) is 0 Å². The third-order valence-electron chi connectivity index (χ3n) is 4.66.